The maximum atomic E-state index is 14.5. The first-order chi connectivity index (χ1) is 24.3. The number of carbonyl (C=O) groups is 4. The fourth-order valence-electron chi connectivity index (χ4n) is 7.12. The van der Waals surface area contributed by atoms with Gasteiger partial charge in [-0.25, -0.2) is 14.3 Å². The molecule has 270 valence electrons. The van der Waals surface area contributed by atoms with E-state index in [-0.39, 0.29) is 30.9 Å². The molecule has 2 aliphatic heterocycles. The maximum absolute atomic E-state index is 14.5. The first-order valence-corrected chi connectivity index (χ1v) is 17.5. The molecule has 3 amide bonds. The van der Waals surface area contributed by atoms with Gasteiger partial charge in [0, 0.05) is 29.8 Å². The number of carboxylic acids is 1. The first-order valence-electron chi connectivity index (χ1n) is 17.5. The van der Waals surface area contributed by atoms with E-state index in [1.54, 1.807) is 52.1 Å². The minimum Gasteiger partial charge on any atom is -0.497 e. The number of benzene rings is 2. The number of carbonyl (C=O) groups excluding carboxylic acids is 3. The monoisotopic (exact) mass is 699 g/mol. The van der Waals surface area contributed by atoms with Crippen molar-refractivity contribution in [3.05, 3.63) is 71.0 Å². The number of ether oxygens (including phenoxy) is 2. The predicted molar refractivity (Wildman–Crippen MR) is 189 cm³/mol. The molecule has 51 heavy (non-hydrogen) atoms. The second kappa shape index (κ2) is 14.2. The van der Waals surface area contributed by atoms with Crippen LogP contribution in [0.5, 0.6) is 5.75 Å². The standard InChI is InChI=1S/C38H45N5O8/c1-37(2,3)51-36(49)39-29-15-9-7-5-6-8-12-24-21-38(24,35(47)48)40-32(44)30-20-25(22-42(30)34(29)46)43-33(45)28-14-11-10-13-27(28)31(41-43)23-16-18-26(50-4)19-17-23/h8,10-14,16-19,24-25,29-30H,5-7,9,15,20-22H2,1-4H3,(H,39,49)(H,40,44)(H,47,48)/b12-8-/t24-,25-,29+,30+,38-/m1/s1. The summed E-state index contributed by atoms with van der Waals surface area (Å²) >= 11 is 0. The lowest BCUT2D eigenvalue weighted by molar-refractivity contribution is -0.145. The third-order valence-electron chi connectivity index (χ3n) is 9.87. The van der Waals surface area contributed by atoms with Crippen molar-refractivity contribution >= 4 is 34.6 Å². The van der Waals surface area contributed by atoms with E-state index in [4.69, 9.17) is 14.6 Å². The molecule has 1 aromatic heterocycles. The number of aliphatic carboxylic acids is 1. The molecule has 5 atom stereocenters. The molecule has 0 radical (unpaired) electrons. The number of nitrogens with one attached hydrogen (secondary N) is 2. The summed E-state index contributed by atoms with van der Waals surface area (Å²) in [6.07, 6.45) is 6.48. The molecule has 1 saturated heterocycles. The number of amides is 3. The highest BCUT2D eigenvalue weighted by Gasteiger charge is 2.61. The fraction of sp³-hybridized carbons (Fsp3) is 0.474. The summed E-state index contributed by atoms with van der Waals surface area (Å²) in [5.41, 5.74) is -1.41. The maximum Gasteiger partial charge on any atom is 0.408 e. The summed E-state index contributed by atoms with van der Waals surface area (Å²) in [4.78, 5) is 69.5. The van der Waals surface area contributed by atoms with E-state index in [1.165, 1.54) is 9.58 Å². The number of allylic oxidation sites excluding steroid dienone is 1. The van der Waals surface area contributed by atoms with Gasteiger partial charge >= 0.3 is 12.1 Å². The van der Waals surface area contributed by atoms with Gasteiger partial charge in [-0.05, 0) is 76.8 Å². The zero-order chi connectivity index (χ0) is 36.5. The van der Waals surface area contributed by atoms with E-state index in [9.17, 15) is 29.1 Å². The van der Waals surface area contributed by atoms with Crippen LogP contribution >= 0.6 is 0 Å². The van der Waals surface area contributed by atoms with Crippen molar-refractivity contribution in [2.24, 2.45) is 5.92 Å². The third kappa shape index (κ3) is 7.47. The molecular formula is C38H45N5O8. The molecule has 2 fully saturated rings. The van der Waals surface area contributed by atoms with Crippen LogP contribution in [0.15, 0.2) is 65.5 Å². The Kier molecular flexibility index (Phi) is 9.92. The zero-order valence-corrected chi connectivity index (χ0v) is 29.4. The van der Waals surface area contributed by atoms with E-state index in [0.717, 1.165) is 24.8 Å². The lowest BCUT2D eigenvalue weighted by atomic mass is 10.0. The molecule has 6 rings (SSSR count). The van der Waals surface area contributed by atoms with Crippen LogP contribution in [0.25, 0.3) is 22.0 Å². The molecule has 1 saturated carbocycles. The molecule has 1 aliphatic carbocycles. The number of methoxy groups -OCH3 is 1. The summed E-state index contributed by atoms with van der Waals surface area (Å²) < 4.78 is 12.1. The number of nitrogens with zero attached hydrogens (tertiary/aromatic N) is 3. The van der Waals surface area contributed by atoms with Gasteiger partial charge in [0.25, 0.3) is 5.56 Å². The van der Waals surface area contributed by atoms with Crippen molar-refractivity contribution in [2.75, 3.05) is 13.7 Å². The second-order valence-corrected chi connectivity index (χ2v) is 14.6. The van der Waals surface area contributed by atoms with Gasteiger partial charge in [0.15, 0.2) is 0 Å². The first kappa shape index (κ1) is 35.6. The predicted octanol–water partition coefficient (Wildman–Crippen LogP) is 4.59. The second-order valence-electron chi connectivity index (χ2n) is 14.6. The van der Waals surface area contributed by atoms with Crippen molar-refractivity contribution < 1.29 is 33.8 Å². The van der Waals surface area contributed by atoms with Crippen LogP contribution in [0.3, 0.4) is 0 Å². The van der Waals surface area contributed by atoms with Crippen LogP contribution in [0.2, 0.25) is 0 Å². The lowest BCUT2D eigenvalue weighted by Gasteiger charge is -2.30. The number of fused-ring (bicyclic) bond motifs is 3. The Hall–Kier alpha value is -5.20. The molecule has 3 N–H and O–H groups in total. The third-order valence-corrected chi connectivity index (χ3v) is 9.87. The Labute approximate surface area is 296 Å². The SMILES string of the molecule is COc1ccc(-c2nn([C@@H]3C[C@H]4C(=O)N[C@]5(C(=O)O)C[C@H]5/C=C\CCCCC[C@H](NC(=O)OC(C)(C)C)C(=O)N4C3)c(=O)c3ccccc23)cc1. The number of rotatable bonds is 5. The van der Waals surface area contributed by atoms with Crippen molar-refractivity contribution in [2.45, 2.75) is 95.0 Å². The molecule has 13 heteroatoms. The summed E-state index contributed by atoms with van der Waals surface area (Å²) in [7, 11) is 1.57. The molecule has 0 spiro atoms. The number of alkyl carbamates (subject to hydrolysis) is 1. The van der Waals surface area contributed by atoms with Gasteiger partial charge in [-0.1, -0.05) is 43.2 Å². The van der Waals surface area contributed by atoms with Gasteiger partial charge in [0.05, 0.1) is 24.2 Å². The van der Waals surface area contributed by atoms with Crippen LogP contribution in [0.1, 0.15) is 71.8 Å². The summed E-state index contributed by atoms with van der Waals surface area (Å²) in [5.74, 6) is -2.04. The molecule has 3 aliphatic rings. The number of hydrogen-bond donors (Lipinski definition) is 3. The number of hydrogen-bond acceptors (Lipinski definition) is 8. The molecule has 0 unspecified atom stereocenters. The highest BCUT2D eigenvalue weighted by atomic mass is 16.6. The Morgan fingerprint density at radius 2 is 1.75 bits per heavy atom. The van der Waals surface area contributed by atoms with E-state index in [0.29, 0.717) is 35.1 Å². The smallest absolute Gasteiger partial charge is 0.408 e. The topological polar surface area (TPSA) is 169 Å². The quantitative estimate of drug-likeness (QED) is 0.323. The Morgan fingerprint density at radius 3 is 2.43 bits per heavy atom. The summed E-state index contributed by atoms with van der Waals surface area (Å²) in [5, 5.41) is 21.6. The molecule has 3 heterocycles. The van der Waals surface area contributed by atoms with Crippen molar-refractivity contribution in [3.63, 3.8) is 0 Å². The molecule has 0 bridgehead atoms. The minimum atomic E-state index is -1.49. The summed E-state index contributed by atoms with van der Waals surface area (Å²) in [6.45, 7) is 5.10. The van der Waals surface area contributed by atoms with Gasteiger partial charge < -0.3 is 30.1 Å². The van der Waals surface area contributed by atoms with Gasteiger partial charge in [0.2, 0.25) is 11.8 Å². The Bertz CT molecular complexity index is 1920. The molecule has 3 aromatic rings. The van der Waals surface area contributed by atoms with Gasteiger partial charge in [-0.3, -0.25) is 14.4 Å². The van der Waals surface area contributed by atoms with E-state index in [2.05, 4.69) is 10.6 Å². The van der Waals surface area contributed by atoms with Crippen LogP contribution in [-0.2, 0) is 19.1 Å². The largest absolute Gasteiger partial charge is 0.497 e. The van der Waals surface area contributed by atoms with Crippen LogP contribution in [0, 0.1) is 5.92 Å². The average Bonchev–Trinajstić information content (AvgIpc) is 3.61. The highest BCUT2D eigenvalue weighted by Crippen LogP contribution is 2.45. The Balaban J connectivity index is 1.40. The number of aromatic nitrogens is 2. The van der Waals surface area contributed by atoms with Gasteiger partial charge in [-0.15, -0.1) is 0 Å². The number of carboxylic acid groups (broad SMARTS) is 1. The summed E-state index contributed by atoms with van der Waals surface area (Å²) in [6, 6.07) is 11.5. The molecule has 2 aromatic carbocycles. The van der Waals surface area contributed by atoms with Gasteiger partial charge in [0.1, 0.15) is 29.0 Å². The van der Waals surface area contributed by atoms with Crippen LogP contribution in [-0.4, -0.2) is 80.5 Å². The van der Waals surface area contributed by atoms with Crippen LogP contribution < -0.4 is 20.9 Å². The lowest BCUT2D eigenvalue weighted by Crippen LogP contribution is -2.56. The molecule has 13 nitrogen and oxygen atoms in total. The average molecular weight is 700 g/mol. The minimum absolute atomic E-state index is 0.000233. The highest BCUT2D eigenvalue weighted by molar-refractivity contribution is 5.96. The van der Waals surface area contributed by atoms with Crippen molar-refractivity contribution in [1.29, 1.82) is 0 Å². The molecular weight excluding hydrogens is 654 g/mol. The zero-order valence-electron chi connectivity index (χ0n) is 29.4. The Morgan fingerprint density at radius 1 is 1.02 bits per heavy atom. The van der Waals surface area contributed by atoms with E-state index >= 15 is 0 Å². The van der Waals surface area contributed by atoms with Crippen molar-refractivity contribution in [3.8, 4) is 17.0 Å². The normalized spacial score (nSPS) is 26.2. The van der Waals surface area contributed by atoms with Gasteiger partial charge in [-0.2, -0.15) is 5.10 Å². The van der Waals surface area contributed by atoms with Crippen LogP contribution in [0.4, 0.5) is 4.79 Å². The van der Waals surface area contributed by atoms with Crippen molar-refractivity contribution in [1.82, 2.24) is 25.3 Å². The van der Waals surface area contributed by atoms with E-state index in [1.807, 2.05) is 36.4 Å². The fourth-order valence-corrected chi connectivity index (χ4v) is 7.12. The van der Waals surface area contributed by atoms with E-state index < -0.39 is 53.1 Å².